The number of rotatable bonds is 5. The fourth-order valence-corrected chi connectivity index (χ4v) is 1.82. The molecule has 2 aromatic rings. The second-order valence-electron chi connectivity index (χ2n) is 4.26. The number of aromatic nitrogens is 2. The van der Waals surface area contributed by atoms with Gasteiger partial charge in [0.05, 0.1) is 16.8 Å². The van der Waals surface area contributed by atoms with Crippen LogP contribution in [0.4, 0.5) is 16.0 Å². The molecule has 0 fully saturated rings. The molecule has 0 atom stereocenters. The van der Waals surface area contributed by atoms with Crippen molar-refractivity contribution in [2.45, 2.75) is 13.3 Å². The molecule has 1 amide bonds. The molecular formula is C14H14ClFN4O. The predicted octanol–water partition coefficient (Wildman–Crippen LogP) is 3.34. The van der Waals surface area contributed by atoms with Gasteiger partial charge in [0, 0.05) is 12.7 Å². The van der Waals surface area contributed by atoms with Gasteiger partial charge in [-0.15, -0.1) is 0 Å². The van der Waals surface area contributed by atoms with E-state index in [0.717, 1.165) is 18.7 Å². The molecule has 0 unspecified atom stereocenters. The number of hydrogen-bond donors (Lipinski definition) is 2. The molecule has 0 saturated heterocycles. The van der Waals surface area contributed by atoms with Crippen LogP contribution in [-0.2, 0) is 0 Å². The SMILES string of the molecule is CCCNc1ncc(F)cc1C(=O)Nc1ncccc1Cl. The zero-order valence-corrected chi connectivity index (χ0v) is 12.1. The summed E-state index contributed by atoms with van der Waals surface area (Å²) >= 11 is 5.93. The number of nitrogens with one attached hydrogen (secondary N) is 2. The molecule has 0 radical (unpaired) electrons. The van der Waals surface area contributed by atoms with Gasteiger partial charge < -0.3 is 10.6 Å². The molecule has 2 N–H and O–H groups in total. The van der Waals surface area contributed by atoms with Crippen molar-refractivity contribution in [2.75, 3.05) is 17.2 Å². The van der Waals surface area contributed by atoms with Crippen molar-refractivity contribution in [1.29, 1.82) is 0 Å². The monoisotopic (exact) mass is 308 g/mol. The molecular weight excluding hydrogens is 295 g/mol. The minimum Gasteiger partial charge on any atom is -0.369 e. The van der Waals surface area contributed by atoms with Crippen molar-refractivity contribution in [3.63, 3.8) is 0 Å². The van der Waals surface area contributed by atoms with Crippen LogP contribution in [0.25, 0.3) is 0 Å². The first-order chi connectivity index (χ1) is 10.1. The Labute approximate surface area is 126 Å². The number of pyridine rings is 2. The van der Waals surface area contributed by atoms with Gasteiger partial charge in [-0.25, -0.2) is 14.4 Å². The van der Waals surface area contributed by atoms with E-state index in [1.807, 2.05) is 6.92 Å². The quantitative estimate of drug-likeness (QED) is 0.889. The van der Waals surface area contributed by atoms with E-state index < -0.39 is 11.7 Å². The van der Waals surface area contributed by atoms with E-state index in [9.17, 15) is 9.18 Å². The van der Waals surface area contributed by atoms with E-state index >= 15 is 0 Å². The predicted molar refractivity (Wildman–Crippen MR) is 80.2 cm³/mol. The second kappa shape index (κ2) is 6.99. The minimum atomic E-state index is -0.589. The third kappa shape index (κ3) is 3.88. The summed E-state index contributed by atoms with van der Waals surface area (Å²) in [5, 5.41) is 5.83. The van der Waals surface area contributed by atoms with Crippen LogP contribution in [0.5, 0.6) is 0 Å². The summed E-state index contributed by atoms with van der Waals surface area (Å²) in [6.07, 6.45) is 3.41. The number of nitrogens with zero attached hydrogens (tertiary/aromatic N) is 2. The van der Waals surface area contributed by atoms with Gasteiger partial charge in [0.25, 0.3) is 5.91 Å². The molecule has 7 heteroatoms. The Morgan fingerprint density at radius 1 is 1.38 bits per heavy atom. The van der Waals surface area contributed by atoms with E-state index in [1.54, 1.807) is 12.1 Å². The number of hydrogen-bond acceptors (Lipinski definition) is 4. The molecule has 21 heavy (non-hydrogen) atoms. The van der Waals surface area contributed by atoms with Gasteiger partial charge in [-0.1, -0.05) is 18.5 Å². The van der Waals surface area contributed by atoms with Gasteiger partial charge in [-0.3, -0.25) is 4.79 Å². The Morgan fingerprint density at radius 3 is 2.90 bits per heavy atom. The maximum Gasteiger partial charge on any atom is 0.260 e. The Bertz CT molecular complexity index is 651. The van der Waals surface area contributed by atoms with Crippen molar-refractivity contribution in [3.05, 3.63) is 47.0 Å². The van der Waals surface area contributed by atoms with Crippen LogP contribution in [0.1, 0.15) is 23.7 Å². The Balaban J connectivity index is 2.25. The van der Waals surface area contributed by atoms with Crippen LogP contribution >= 0.6 is 11.6 Å². The van der Waals surface area contributed by atoms with Gasteiger partial charge in [0.15, 0.2) is 5.82 Å². The van der Waals surface area contributed by atoms with Crippen molar-refractivity contribution in [1.82, 2.24) is 9.97 Å². The third-order valence-electron chi connectivity index (χ3n) is 2.63. The molecule has 2 heterocycles. The van der Waals surface area contributed by atoms with E-state index in [0.29, 0.717) is 17.4 Å². The summed E-state index contributed by atoms with van der Waals surface area (Å²) in [6.45, 7) is 2.60. The summed E-state index contributed by atoms with van der Waals surface area (Å²) < 4.78 is 13.3. The molecule has 110 valence electrons. The van der Waals surface area contributed by atoms with Crippen LogP contribution in [-0.4, -0.2) is 22.4 Å². The molecule has 0 aliphatic rings. The normalized spacial score (nSPS) is 10.2. The molecule has 0 saturated carbocycles. The van der Waals surface area contributed by atoms with Crippen LogP contribution in [0.2, 0.25) is 5.02 Å². The number of amides is 1. The Morgan fingerprint density at radius 2 is 2.19 bits per heavy atom. The average Bonchev–Trinajstić information content (AvgIpc) is 2.48. The molecule has 2 aromatic heterocycles. The van der Waals surface area contributed by atoms with Crippen LogP contribution in [0.3, 0.4) is 0 Å². The molecule has 0 aromatic carbocycles. The van der Waals surface area contributed by atoms with Crippen LogP contribution in [0.15, 0.2) is 30.6 Å². The molecule has 0 aliphatic carbocycles. The maximum absolute atomic E-state index is 13.3. The van der Waals surface area contributed by atoms with Crippen molar-refractivity contribution in [2.24, 2.45) is 0 Å². The zero-order chi connectivity index (χ0) is 15.2. The highest BCUT2D eigenvalue weighted by Gasteiger charge is 2.15. The maximum atomic E-state index is 13.3. The lowest BCUT2D eigenvalue weighted by atomic mass is 10.2. The van der Waals surface area contributed by atoms with Crippen molar-refractivity contribution >= 4 is 29.1 Å². The zero-order valence-electron chi connectivity index (χ0n) is 11.4. The number of anilines is 2. The second-order valence-corrected chi connectivity index (χ2v) is 4.67. The highest BCUT2D eigenvalue weighted by molar-refractivity contribution is 6.33. The molecule has 0 spiro atoms. The molecule has 0 aliphatic heterocycles. The number of halogens is 2. The first-order valence-electron chi connectivity index (χ1n) is 6.43. The highest BCUT2D eigenvalue weighted by atomic mass is 35.5. The lowest BCUT2D eigenvalue weighted by molar-refractivity contribution is 0.102. The van der Waals surface area contributed by atoms with E-state index in [2.05, 4.69) is 20.6 Å². The van der Waals surface area contributed by atoms with Gasteiger partial charge in [0.1, 0.15) is 11.6 Å². The standard InChI is InChI=1S/C14H14ClFN4O/c1-2-5-17-12-10(7-9(16)8-19-12)14(21)20-13-11(15)4-3-6-18-13/h3-4,6-8H,2,5H2,1H3,(H,17,19)(H,18,20,21). The van der Waals surface area contributed by atoms with E-state index in [1.165, 1.54) is 6.20 Å². The fraction of sp³-hybridized carbons (Fsp3) is 0.214. The highest BCUT2D eigenvalue weighted by Crippen LogP contribution is 2.20. The first kappa shape index (κ1) is 15.2. The average molecular weight is 309 g/mol. The number of carbonyl (C=O) groups is 1. The number of carbonyl (C=O) groups excluding carboxylic acids is 1. The van der Waals surface area contributed by atoms with Crippen LogP contribution in [0, 0.1) is 5.82 Å². The largest absolute Gasteiger partial charge is 0.369 e. The van der Waals surface area contributed by atoms with Gasteiger partial charge in [-0.2, -0.15) is 0 Å². The van der Waals surface area contributed by atoms with Gasteiger partial charge >= 0.3 is 0 Å². The first-order valence-corrected chi connectivity index (χ1v) is 6.81. The van der Waals surface area contributed by atoms with Crippen molar-refractivity contribution < 1.29 is 9.18 Å². The Hall–Kier alpha value is -2.21. The lowest BCUT2D eigenvalue weighted by Gasteiger charge is -2.11. The Kier molecular flexibility index (Phi) is 5.05. The minimum absolute atomic E-state index is 0.102. The van der Waals surface area contributed by atoms with E-state index in [-0.39, 0.29) is 11.4 Å². The topological polar surface area (TPSA) is 66.9 Å². The summed E-state index contributed by atoms with van der Waals surface area (Å²) in [6, 6.07) is 4.37. The fourth-order valence-electron chi connectivity index (χ4n) is 1.65. The smallest absolute Gasteiger partial charge is 0.260 e. The molecule has 5 nitrogen and oxygen atoms in total. The van der Waals surface area contributed by atoms with Crippen LogP contribution < -0.4 is 10.6 Å². The summed E-state index contributed by atoms with van der Waals surface area (Å²) in [5.74, 6) is -0.576. The lowest BCUT2D eigenvalue weighted by Crippen LogP contribution is -2.17. The van der Waals surface area contributed by atoms with Crippen molar-refractivity contribution in [3.8, 4) is 0 Å². The summed E-state index contributed by atoms with van der Waals surface area (Å²) in [4.78, 5) is 20.1. The summed E-state index contributed by atoms with van der Waals surface area (Å²) in [5.41, 5.74) is 0.102. The molecule has 2 rings (SSSR count). The third-order valence-corrected chi connectivity index (χ3v) is 2.94. The summed E-state index contributed by atoms with van der Waals surface area (Å²) in [7, 11) is 0. The van der Waals surface area contributed by atoms with Gasteiger partial charge in [-0.05, 0) is 24.6 Å². The van der Waals surface area contributed by atoms with E-state index in [4.69, 9.17) is 11.6 Å². The molecule has 0 bridgehead atoms. The van der Waals surface area contributed by atoms with Gasteiger partial charge in [0.2, 0.25) is 0 Å².